The fraction of sp³-hybridized carbons (Fsp3) is 0.688. The van der Waals surface area contributed by atoms with Crippen LogP contribution in [0.3, 0.4) is 0 Å². The third-order valence-corrected chi connectivity index (χ3v) is 8.93. The lowest BCUT2D eigenvalue weighted by molar-refractivity contribution is -0.0340. The molecule has 1 amide bonds. The van der Waals surface area contributed by atoms with Crippen molar-refractivity contribution >= 4 is 11.7 Å². The quantitative estimate of drug-likeness (QED) is 0.272. The summed E-state index contributed by atoms with van der Waals surface area (Å²) in [6.07, 6.45) is 4.57. The Balaban J connectivity index is 1.40. The van der Waals surface area contributed by atoms with Crippen LogP contribution in [-0.2, 0) is 4.74 Å². The Morgan fingerprint density at radius 1 is 1.23 bits per heavy atom. The van der Waals surface area contributed by atoms with E-state index in [4.69, 9.17) is 9.47 Å². The highest BCUT2D eigenvalue weighted by molar-refractivity contribution is 5.97. The molecule has 2 unspecified atom stereocenters. The molecule has 2 N–H and O–H groups in total. The Kier molecular flexibility index (Phi) is 11.9. The minimum Gasteiger partial charge on any atom is -0.434 e. The number of anilines is 1. The van der Waals surface area contributed by atoms with Gasteiger partial charge in [-0.25, -0.2) is 9.37 Å². The van der Waals surface area contributed by atoms with Crippen molar-refractivity contribution in [3.8, 4) is 11.6 Å². The number of benzene rings is 1. The molecular weight excluding hydrogens is 565 g/mol. The number of nitrogens with zero attached hydrogens (tertiary/aromatic N) is 6. The molecule has 3 heterocycles. The number of aliphatic hydroxyl groups is 1. The number of ether oxygens (including phenoxy) is 2. The molecule has 12 heteroatoms. The molecule has 2 saturated heterocycles. The van der Waals surface area contributed by atoms with Gasteiger partial charge in [0.15, 0.2) is 5.82 Å². The Morgan fingerprint density at radius 2 is 2.00 bits per heavy atom. The molecule has 1 spiro atoms. The van der Waals surface area contributed by atoms with Gasteiger partial charge in [0.2, 0.25) is 0 Å². The smallest absolute Gasteiger partial charge is 0.282 e. The standard InChI is InChI=1S/C32H50FN7O4/c1-7-40(23(4)5)31(42)26-15-24(33)10-11-28(26)44-30-29(35-21-36-37-30)38-14-12-32(18-38)19-39(20-32)27(22(2)3)9-8-13-34-25(16-41)17-43-6/h10-11,15,21-23,25,27,34,41H,7-9,12-14,16-20H2,1-6H3. The molecule has 2 aliphatic rings. The number of hydrogen-bond acceptors (Lipinski definition) is 10. The summed E-state index contributed by atoms with van der Waals surface area (Å²) in [6.45, 7) is 15.9. The van der Waals surface area contributed by atoms with Crippen molar-refractivity contribution in [2.75, 3.05) is 64.5 Å². The van der Waals surface area contributed by atoms with Crippen LogP contribution >= 0.6 is 0 Å². The predicted molar refractivity (Wildman–Crippen MR) is 168 cm³/mol. The number of rotatable bonds is 16. The van der Waals surface area contributed by atoms with Gasteiger partial charge in [-0.05, 0) is 70.7 Å². The number of carbonyl (C=O) groups is 1. The molecule has 2 fully saturated rings. The molecule has 244 valence electrons. The van der Waals surface area contributed by atoms with Crippen molar-refractivity contribution < 1.29 is 23.8 Å². The normalized spacial score (nSPS) is 17.7. The summed E-state index contributed by atoms with van der Waals surface area (Å²) in [4.78, 5) is 24.3. The van der Waals surface area contributed by atoms with Gasteiger partial charge in [-0.15, -0.1) is 10.2 Å². The summed E-state index contributed by atoms with van der Waals surface area (Å²) in [5, 5.41) is 21.1. The van der Waals surface area contributed by atoms with Gasteiger partial charge in [0.25, 0.3) is 11.8 Å². The summed E-state index contributed by atoms with van der Waals surface area (Å²) < 4.78 is 25.6. The first-order valence-corrected chi connectivity index (χ1v) is 15.9. The lowest BCUT2D eigenvalue weighted by Crippen LogP contribution is -2.62. The van der Waals surface area contributed by atoms with Crippen LogP contribution in [0, 0.1) is 17.2 Å². The number of methoxy groups -OCH3 is 1. The first-order chi connectivity index (χ1) is 21.1. The van der Waals surface area contributed by atoms with E-state index >= 15 is 0 Å². The Hall–Kier alpha value is -2.93. The second kappa shape index (κ2) is 15.4. The molecule has 0 radical (unpaired) electrons. The van der Waals surface area contributed by atoms with E-state index in [1.54, 1.807) is 12.0 Å². The summed E-state index contributed by atoms with van der Waals surface area (Å²) >= 11 is 0. The first kappa shape index (κ1) is 34.0. The van der Waals surface area contributed by atoms with E-state index in [0.29, 0.717) is 30.9 Å². The third kappa shape index (κ3) is 8.01. The Labute approximate surface area is 261 Å². The Morgan fingerprint density at radius 3 is 2.66 bits per heavy atom. The molecule has 2 aliphatic heterocycles. The number of aliphatic hydroxyl groups excluding tert-OH is 1. The third-order valence-electron chi connectivity index (χ3n) is 8.93. The highest BCUT2D eigenvalue weighted by Crippen LogP contribution is 2.44. The number of amides is 1. The molecule has 11 nitrogen and oxygen atoms in total. The molecule has 0 bridgehead atoms. The molecule has 1 aromatic heterocycles. The fourth-order valence-corrected chi connectivity index (χ4v) is 6.66. The van der Waals surface area contributed by atoms with E-state index in [1.807, 2.05) is 20.8 Å². The summed E-state index contributed by atoms with van der Waals surface area (Å²) in [5.41, 5.74) is 0.314. The SMILES string of the molecule is CCN(C(=O)c1cc(F)ccc1Oc1nncnc1N1CCC2(C1)CN(C(CCCNC(CO)COC)C(C)C)C2)C(C)C. The number of halogens is 1. The minimum absolute atomic E-state index is 0.0272. The van der Waals surface area contributed by atoms with Gasteiger partial charge in [-0.1, -0.05) is 13.8 Å². The van der Waals surface area contributed by atoms with Crippen LogP contribution in [0.5, 0.6) is 11.6 Å². The van der Waals surface area contributed by atoms with Gasteiger partial charge in [0.05, 0.1) is 24.8 Å². The lowest BCUT2D eigenvalue weighted by atomic mass is 9.76. The number of nitrogens with one attached hydrogen (secondary N) is 1. The van der Waals surface area contributed by atoms with Gasteiger partial charge < -0.3 is 29.7 Å². The largest absolute Gasteiger partial charge is 0.434 e. The monoisotopic (exact) mass is 615 g/mol. The van der Waals surface area contributed by atoms with Crippen molar-refractivity contribution in [1.82, 2.24) is 30.3 Å². The van der Waals surface area contributed by atoms with E-state index in [1.165, 1.54) is 24.5 Å². The highest BCUT2D eigenvalue weighted by Gasteiger charge is 2.50. The van der Waals surface area contributed by atoms with Crippen LogP contribution < -0.4 is 15.0 Å². The van der Waals surface area contributed by atoms with Crippen molar-refractivity contribution in [2.45, 2.75) is 72.0 Å². The maximum absolute atomic E-state index is 14.3. The number of carbonyl (C=O) groups excluding carboxylic acids is 1. The fourth-order valence-electron chi connectivity index (χ4n) is 6.66. The van der Waals surface area contributed by atoms with Crippen LogP contribution in [0.4, 0.5) is 10.2 Å². The zero-order valence-electron chi connectivity index (χ0n) is 27.1. The number of likely N-dealkylation sites (tertiary alicyclic amines) is 1. The first-order valence-electron chi connectivity index (χ1n) is 15.9. The van der Waals surface area contributed by atoms with Crippen LogP contribution in [0.1, 0.15) is 64.2 Å². The minimum atomic E-state index is -0.509. The van der Waals surface area contributed by atoms with Crippen molar-refractivity contribution in [3.05, 3.63) is 35.9 Å². The molecule has 0 saturated carbocycles. The van der Waals surface area contributed by atoms with E-state index in [9.17, 15) is 14.3 Å². The molecule has 2 aromatic rings. The van der Waals surface area contributed by atoms with Gasteiger partial charge in [0.1, 0.15) is 17.9 Å². The second-order valence-electron chi connectivity index (χ2n) is 12.8. The maximum Gasteiger partial charge on any atom is 0.282 e. The van der Waals surface area contributed by atoms with Crippen LogP contribution in [0.2, 0.25) is 0 Å². The average Bonchev–Trinajstić information content (AvgIpc) is 3.43. The van der Waals surface area contributed by atoms with Crippen molar-refractivity contribution in [2.24, 2.45) is 11.3 Å². The van der Waals surface area contributed by atoms with Crippen LogP contribution in [0.25, 0.3) is 0 Å². The van der Waals surface area contributed by atoms with Crippen LogP contribution in [0.15, 0.2) is 24.5 Å². The Bertz CT molecular complexity index is 1230. The van der Waals surface area contributed by atoms with Gasteiger partial charge >= 0.3 is 0 Å². The molecule has 44 heavy (non-hydrogen) atoms. The van der Waals surface area contributed by atoms with Crippen molar-refractivity contribution in [1.29, 1.82) is 0 Å². The lowest BCUT2D eigenvalue weighted by Gasteiger charge is -2.53. The highest BCUT2D eigenvalue weighted by atomic mass is 19.1. The molecule has 1 aromatic carbocycles. The van der Waals surface area contributed by atoms with Gasteiger partial charge in [0, 0.05) is 57.3 Å². The number of hydrogen-bond donors (Lipinski definition) is 2. The summed E-state index contributed by atoms with van der Waals surface area (Å²) in [7, 11) is 1.65. The van der Waals surface area contributed by atoms with Gasteiger partial charge in [-0.2, -0.15) is 0 Å². The van der Waals surface area contributed by atoms with Gasteiger partial charge in [-0.3, -0.25) is 9.69 Å². The van der Waals surface area contributed by atoms with E-state index in [2.05, 4.69) is 44.1 Å². The van der Waals surface area contributed by atoms with E-state index in [-0.39, 0.29) is 47.2 Å². The topological polar surface area (TPSA) is 116 Å². The molecule has 4 rings (SSSR count). The molecule has 0 aliphatic carbocycles. The van der Waals surface area contributed by atoms with Crippen LogP contribution in [-0.4, -0.2) is 114 Å². The van der Waals surface area contributed by atoms with E-state index in [0.717, 1.165) is 52.0 Å². The maximum atomic E-state index is 14.3. The average molecular weight is 616 g/mol. The summed E-state index contributed by atoms with van der Waals surface area (Å²) in [5.74, 6) is 0.737. The van der Waals surface area contributed by atoms with E-state index < -0.39 is 5.82 Å². The number of aromatic nitrogens is 3. The zero-order chi connectivity index (χ0) is 31.9. The zero-order valence-corrected chi connectivity index (χ0v) is 27.1. The predicted octanol–water partition coefficient (Wildman–Crippen LogP) is 3.59. The summed E-state index contributed by atoms with van der Waals surface area (Å²) in [6, 6.07) is 4.38. The molecular formula is C32H50FN7O4. The molecule has 2 atom stereocenters. The van der Waals surface area contributed by atoms with Crippen molar-refractivity contribution in [3.63, 3.8) is 0 Å². The second-order valence-corrected chi connectivity index (χ2v) is 12.8.